The van der Waals surface area contributed by atoms with Gasteiger partial charge in [-0.05, 0) is 116 Å². The molecule has 4 N–H and O–H groups in total. The van der Waals surface area contributed by atoms with Gasteiger partial charge < -0.3 is 57.7 Å². The van der Waals surface area contributed by atoms with Crippen molar-refractivity contribution in [2.45, 2.75) is 46.2 Å². The van der Waals surface area contributed by atoms with Crippen LogP contribution in [0.2, 0.25) is 0 Å². The molecule has 26 heteroatoms. The van der Waals surface area contributed by atoms with E-state index in [9.17, 15) is 59.7 Å². The van der Waals surface area contributed by atoms with Crippen molar-refractivity contribution in [1.29, 1.82) is 0 Å². The molecule has 0 aliphatic carbocycles. The van der Waals surface area contributed by atoms with Crippen LogP contribution in [0.15, 0.2) is 149 Å². The smallest absolute Gasteiger partial charge is 1.00 e. The van der Waals surface area contributed by atoms with Crippen LogP contribution >= 0.6 is 0 Å². The number of hydrogen-bond donors (Lipinski definition) is 3. The van der Waals surface area contributed by atoms with Crippen LogP contribution in [0.3, 0.4) is 0 Å². The largest absolute Gasteiger partial charge is 2.00 e. The molecule has 0 bridgehead atoms. The summed E-state index contributed by atoms with van der Waals surface area (Å²) in [7, 11) is 1.41. The second-order valence-electron chi connectivity index (χ2n) is 14.9. The molecule has 6 aromatic carbocycles. The number of hydrogen-bond acceptors (Lipinski definition) is 12. The molecule has 3 aromatic heterocycles. The van der Waals surface area contributed by atoms with Crippen LogP contribution in [-0.4, -0.2) is 73.3 Å². The minimum atomic E-state index is -4.43. The van der Waals surface area contributed by atoms with E-state index in [4.69, 9.17) is 29.1 Å². The number of aromatic hydroxyl groups is 1. The Bertz CT molecular complexity index is 3290. The summed E-state index contributed by atoms with van der Waals surface area (Å²) in [6.07, 6.45) is -8.70. The van der Waals surface area contributed by atoms with Crippen LogP contribution in [0.25, 0.3) is 56.0 Å². The number of aromatic nitrogens is 3. The van der Waals surface area contributed by atoms with Crippen molar-refractivity contribution >= 4 is 73.2 Å². The van der Waals surface area contributed by atoms with Crippen LogP contribution < -0.4 is 27.5 Å². The first kappa shape index (κ1) is 68.3. The molecule has 1 saturated heterocycles. The third-order valence-corrected chi connectivity index (χ3v) is 10.1. The Hall–Kier alpha value is -7.68. The summed E-state index contributed by atoms with van der Waals surface area (Å²) in [5, 5.41) is 31.0. The molecule has 1 fully saturated rings. The second kappa shape index (κ2) is 30.3. The predicted octanol–water partition coefficient (Wildman–Crippen LogP) is 12.3. The SMILES string of the molecule is C.C.C1CCOC1.COc1ccc(C(F)(F)F)cc1.FC(F)(F)c1ccc(-c2nc3c(ccc4cc[nH]c43)o2)cc1.Nc1c(O)cccc1[N+](=O)[O-].O=[N+]([O-])c1cccc2oc(-c3ccc(C(F)(F)F)cc3)nc12.[Br-].[CH-]=C.[Mg+2]. The van der Waals surface area contributed by atoms with Gasteiger partial charge in [-0.25, -0.2) is 9.97 Å². The Morgan fingerprint density at radius 2 is 1.06 bits per heavy atom. The van der Waals surface area contributed by atoms with Gasteiger partial charge in [0.15, 0.2) is 22.4 Å². The zero-order valence-electron chi connectivity index (χ0n) is 39.4. The minimum Gasteiger partial charge on any atom is -1.00 e. The van der Waals surface area contributed by atoms with E-state index < -0.39 is 45.1 Å². The summed E-state index contributed by atoms with van der Waals surface area (Å²) in [4.78, 5) is 31.4. The monoisotopic (exact) mass is 1170 g/mol. The maximum Gasteiger partial charge on any atom is 2.00 e. The fourth-order valence-electron chi connectivity index (χ4n) is 6.44. The average Bonchev–Trinajstić information content (AvgIpc) is 4.23. The molecule has 412 valence electrons. The van der Waals surface area contributed by atoms with Gasteiger partial charge >= 0.3 is 41.6 Å². The molecule has 78 heavy (non-hydrogen) atoms. The number of phenols is 1. The van der Waals surface area contributed by atoms with E-state index in [0.717, 1.165) is 60.5 Å². The van der Waals surface area contributed by atoms with Gasteiger partial charge in [-0.15, -0.1) is 0 Å². The van der Waals surface area contributed by atoms with Crippen molar-refractivity contribution in [3.05, 3.63) is 184 Å². The number of fused-ring (bicyclic) bond motifs is 4. The Kier molecular flexibility index (Phi) is 26.6. The number of para-hydroxylation sites is 2. The number of nitrogens with two attached hydrogens (primary N) is 1. The molecule has 4 heterocycles. The van der Waals surface area contributed by atoms with Crippen molar-refractivity contribution in [2.75, 3.05) is 26.1 Å². The number of aromatic amines is 1. The summed E-state index contributed by atoms with van der Waals surface area (Å²) < 4.78 is 132. The van der Waals surface area contributed by atoms with Gasteiger partial charge in [0.25, 0.3) is 11.4 Å². The van der Waals surface area contributed by atoms with Crippen molar-refractivity contribution < 1.29 is 89.8 Å². The second-order valence-corrected chi connectivity index (χ2v) is 14.9. The first-order valence-corrected chi connectivity index (χ1v) is 21.2. The number of halogens is 10. The van der Waals surface area contributed by atoms with Gasteiger partial charge in [-0.2, -0.15) is 39.5 Å². The van der Waals surface area contributed by atoms with Gasteiger partial charge in [0.1, 0.15) is 17.0 Å². The number of H-pyrrole nitrogens is 1. The molecule has 1 aliphatic rings. The van der Waals surface area contributed by atoms with Crippen LogP contribution in [-0.2, 0) is 23.3 Å². The molecular weight excluding hydrogens is 1130 g/mol. The van der Waals surface area contributed by atoms with E-state index in [1.54, 1.807) is 12.3 Å². The molecule has 0 amide bonds. The molecule has 0 radical (unpaired) electrons. The number of rotatable bonds is 5. The summed E-state index contributed by atoms with van der Waals surface area (Å²) >= 11 is 0. The number of anilines is 1. The van der Waals surface area contributed by atoms with Gasteiger partial charge in [0.2, 0.25) is 11.8 Å². The molecular formula is C52H48BrF9MgN6O9. The van der Waals surface area contributed by atoms with E-state index in [1.807, 2.05) is 12.1 Å². The van der Waals surface area contributed by atoms with Crippen molar-refractivity contribution in [1.82, 2.24) is 15.0 Å². The topological polar surface area (TPSA) is 219 Å². The van der Waals surface area contributed by atoms with E-state index >= 15 is 0 Å². The quantitative estimate of drug-likeness (QED) is 0.0279. The van der Waals surface area contributed by atoms with Gasteiger partial charge in [-0.1, -0.05) is 27.0 Å². The first-order valence-electron chi connectivity index (χ1n) is 21.2. The average molecular weight is 1180 g/mol. The van der Waals surface area contributed by atoms with E-state index in [-0.39, 0.29) is 94.7 Å². The maximum absolute atomic E-state index is 12.6. The fourth-order valence-corrected chi connectivity index (χ4v) is 6.44. The number of nitro groups is 2. The molecule has 0 spiro atoms. The molecule has 0 saturated carbocycles. The molecule has 1 aliphatic heterocycles. The summed E-state index contributed by atoms with van der Waals surface area (Å²) in [5.74, 6) is 0.478. The number of methoxy groups -OCH3 is 1. The van der Waals surface area contributed by atoms with Crippen molar-refractivity contribution in [3.8, 4) is 34.4 Å². The third-order valence-electron chi connectivity index (χ3n) is 10.1. The van der Waals surface area contributed by atoms with Crippen LogP contribution in [0.5, 0.6) is 11.5 Å². The number of benzene rings is 6. The third kappa shape index (κ3) is 18.2. The molecule has 15 nitrogen and oxygen atoms in total. The summed E-state index contributed by atoms with van der Waals surface area (Å²) in [6, 6.07) is 27.2. The number of alkyl halides is 9. The van der Waals surface area contributed by atoms with Gasteiger partial charge in [0.05, 0.1) is 39.2 Å². The molecule has 9 aromatic rings. The van der Waals surface area contributed by atoms with E-state index in [2.05, 4.69) is 28.1 Å². The predicted molar refractivity (Wildman–Crippen MR) is 274 cm³/mol. The minimum absolute atomic E-state index is 0. The Morgan fingerprint density at radius 1 is 0.641 bits per heavy atom. The normalized spacial score (nSPS) is 11.5. The zero-order valence-corrected chi connectivity index (χ0v) is 42.4. The Morgan fingerprint density at radius 3 is 1.47 bits per heavy atom. The van der Waals surface area contributed by atoms with Crippen LogP contribution in [0.1, 0.15) is 44.4 Å². The summed E-state index contributed by atoms with van der Waals surface area (Å²) in [6.45, 7) is 9.00. The fraction of sp³-hybridized carbons (Fsp3) is 0.192. The number of oxazole rings is 2. The number of nitro benzene ring substituents is 2. The number of nitrogens with one attached hydrogen (secondary N) is 1. The standard InChI is InChI=1S/C16H9F3N2O.C14H7F3N2O3.C8H7F3O.C6H6N2O3.C4H8O.C2H3.2CH4.BrH.Mg/c17-16(18,19)11-4-1-10(2-5-11)15-21-14-12(22-15)6-3-9-7-8-20-13(9)14;15-14(16,17)9-6-4-8(5-7-9)13-18-12-10(19(20)21)2-1-3-11(12)22-13;1-12-7-4-2-6(3-5-7)8(9,10)11;7-6-4(8(10)11)2-1-3-5(6)9;1-2-4-5-3-1;1-2;;;;/h1-8,20H;1-7H;2-5H,1H3;1-3,9H,7H2;1-4H2;1H,2H2;2*1H4;1H;/q;;;;;-1;;;;+2/p-1. The number of nitrogen functional groups attached to an aromatic ring is 1. The van der Waals surface area contributed by atoms with E-state index in [0.29, 0.717) is 33.9 Å². The van der Waals surface area contributed by atoms with Crippen LogP contribution in [0, 0.1) is 26.8 Å². The van der Waals surface area contributed by atoms with Crippen LogP contribution in [0.4, 0.5) is 56.6 Å². The zero-order chi connectivity index (χ0) is 54.4. The molecule has 0 unspecified atom stereocenters. The number of non-ortho nitro benzene ring substituents is 1. The molecule has 0 atom stereocenters. The number of nitrogens with zero attached hydrogens (tertiary/aromatic N) is 4. The molecule has 10 rings (SSSR count). The first-order chi connectivity index (χ1) is 35.0. The van der Waals surface area contributed by atoms with Gasteiger partial charge in [-0.3, -0.25) is 26.8 Å². The Labute approximate surface area is 466 Å². The summed E-state index contributed by atoms with van der Waals surface area (Å²) in [5.41, 5.74) is 5.51. The van der Waals surface area contributed by atoms with Crippen molar-refractivity contribution in [3.63, 3.8) is 0 Å². The maximum atomic E-state index is 12.6. The number of ether oxygens (including phenoxy) is 2. The van der Waals surface area contributed by atoms with E-state index in [1.165, 1.54) is 92.7 Å². The van der Waals surface area contributed by atoms with Crippen molar-refractivity contribution in [2.24, 2.45) is 0 Å². The van der Waals surface area contributed by atoms with Gasteiger partial charge in [0, 0.05) is 48.1 Å². The number of phenolic OH excluding ortho intramolecular Hbond substituents is 1. The Balaban J connectivity index is 0.000000508.